The zero-order chi connectivity index (χ0) is 12.8. The SMILES string of the molecule is CCOCCCC(N)c1c(Br)cnn1C(C)C. The predicted molar refractivity (Wildman–Crippen MR) is 73.0 cm³/mol. The molecule has 2 N–H and O–H groups in total. The van der Waals surface area contributed by atoms with Crippen LogP contribution in [0.25, 0.3) is 0 Å². The molecule has 0 bridgehead atoms. The second-order valence-electron chi connectivity index (χ2n) is 4.36. The average molecular weight is 304 g/mol. The molecular weight excluding hydrogens is 282 g/mol. The molecule has 0 amide bonds. The Balaban J connectivity index is 2.61. The average Bonchev–Trinajstić information content (AvgIpc) is 2.66. The van der Waals surface area contributed by atoms with Crippen LogP contribution in [0.5, 0.6) is 0 Å². The normalized spacial score (nSPS) is 13.3. The lowest BCUT2D eigenvalue weighted by molar-refractivity contribution is 0.141. The van der Waals surface area contributed by atoms with E-state index >= 15 is 0 Å². The van der Waals surface area contributed by atoms with E-state index in [0.29, 0.717) is 6.04 Å². The van der Waals surface area contributed by atoms with Crippen LogP contribution in [0, 0.1) is 0 Å². The van der Waals surface area contributed by atoms with Crippen LogP contribution in [-0.2, 0) is 4.74 Å². The summed E-state index contributed by atoms with van der Waals surface area (Å²) in [6.07, 6.45) is 3.71. The molecule has 0 fully saturated rings. The van der Waals surface area contributed by atoms with Crippen LogP contribution >= 0.6 is 15.9 Å². The third-order valence-electron chi connectivity index (χ3n) is 2.64. The highest BCUT2D eigenvalue weighted by atomic mass is 79.9. The summed E-state index contributed by atoms with van der Waals surface area (Å²) in [6.45, 7) is 7.76. The lowest BCUT2D eigenvalue weighted by atomic mass is 10.1. The van der Waals surface area contributed by atoms with E-state index in [1.165, 1.54) is 0 Å². The van der Waals surface area contributed by atoms with Gasteiger partial charge < -0.3 is 10.5 Å². The molecule has 0 spiro atoms. The van der Waals surface area contributed by atoms with Gasteiger partial charge in [0.2, 0.25) is 0 Å². The number of rotatable bonds is 7. The first-order valence-electron chi connectivity index (χ1n) is 6.14. The van der Waals surface area contributed by atoms with Gasteiger partial charge in [-0.1, -0.05) is 0 Å². The van der Waals surface area contributed by atoms with E-state index in [9.17, 15) is 0 Å². The van der Waals surface area contributed by atoms with Gasteiger partial charge in [-0.2, -0.15) is 5.10 Å². The largest absolute Gasteiger partial charge is 0.382 e. The maximum atomic E-state index is 6.21. The summed E-state index contributed by atoms with van der Waals surface area (Å²) in [7, 11) is 0. The van der Waals surface area contributed by atoms with Gasteiger partial charge in [-0.25, -0.2) is 0 Å². The van der Waals surface area contributed by atoms with Gasteiger partial charge in [-0.15, -0.1) is 0 Å². The third-order valence-corrected chi connectivity index (χ3v) is 3.25. The molecule has 0 aliphatic heterocycles. The molecule has 5 heteroatoms. The van der Waals surface area contributed by atoms with Gasteiger partial charge in [0, 0.05) is 25.3 Å². The molecule has 0 radical (unpaired) electrons. The Bertz CT molecular complexity index is 338. The zero-order valence-corrected chi connectivity index (χ0v) is 12.4. The number of nitrogens with two attached hydrogens (primary N) is 1. The lowest BCUT2D eigenvalue weighted by Gasteiger charge is -2.17. The standard InChI is InChI=1S/C12H22BrN3O/c1-4-17-7-5-6-11(14)12-10(13)8-15-16(12)9(2)3/h8-9,11H,4-7,14H2,1-3H3. The summed E-state index contributed by atoms with van der Waals surface area (Å²) < 4.78 is 8.30. The van der Waals surface area contributed by atoms with Crippen LogP contribution in [0.3, 0.4) is 0 Å². The maximum absolute atomic E-state index is 6.21. The van der Waals surface area contributed by atoms with E-state index in [1.807, 2.05) is 17.8 Å². The second kappa shape index (κ2) is 7.13. The van der Waals surface area contributed by atoms with E-state index in [2.05, 4.69) is 34.9 Å². The predicted octanol–water partition coefficient (Wildman–Crippen LogP) is 3.04. The molecule has 17 heavy (non-hydrogen) atoms. The summed E-state index contributed by atoms with van der Waals surface area (Å²) in [5.74, 6) is 0. The highest BCUT2D eigenvalue weighted by Crippen LogP contribution is 2.26. The first-order chi connectivity index (χ1) is 8.07. The molecule has 1 atom stereocenters. The summed E-state index contributed by atoms with van der Waals surface area (Å²) in [6, 6.07) is 0.337. The first kappa shape index (κ1) is 14.7. The minimum atomic E-state index is 0.00901. The molecule has 1 heterocycles. The van der Waals surface area contributed by atoms with E-state index in [0.717, 1.165) is 36.2 Å². The van der Waals surface area contributed by atoms with Crippen molar-refractivity contribution in [1.29, 1.82) is 0 Å². The molecule has 1 unspecified atom stereocenters. The Morgan fingerprint density at radius 1 is 1.53 bits per heavy atom. The molecular formula is C12H22BrN3O. The number of aromatic nitrogens is 2. The molecule has 0 aliphatic carbocycles. The Morgan fingerprint density at radius 3 is 2.82 bits per heavy atom. The Morgan fingerprint density at radius 2 is 2.24 bits per heavy atom. The minimum Gasteiger partial charge on any atom is -0.382 e. The summed E-state index contributed by atoms with van der Waals surface area (Å²) >= 11 is 3.51. The molecule has 1 aromatic heterocycles. The van der Waals surface area contributed by atoms with Crippen molar-refractivity contribution in [2.45, 2.75) is 45.7 Å². The van der Waals surface area contributed by atoms with Gasteiger partial charge in [-0.05, 0) is 49.5 Å². The Hall–Kier alpha value is -0.390. The zero-order valence-electron chi connectivity index (χ0n) is 10.8. The topological polar surface area (TPSA) is 53.1 Å². The second-order valence-corrected chi connectivity index (χ2v) is 5.22. The van der Waals surface area contributed by atoms with Crippen LogP contribution in [0.15, 0.2) is 10.7 Å². The van der Waals surface area contributed by atoms with E-state index in [4.69, 9.17) is 10.5 Å². The fraction of sp³-hybridized carbons (Fsp3) is 0.750. The van der Waals surface area contributed by atoms with Crippen LogP contribution in [0.1, 0.15) is 51.4 Å². The van der Waals surface area contributed by atoms with Gasteiger partial charge in [0.15, 0.2) is 0 Å². The van der Waals surface area contributed by atoms with Gasteiger partial charge in [0.1, 0.15) is 0 Å². The van der Waals surface area contributed by atoms with E-state index < -0.39 is 0 Å². The minimum absolute atomic E-state index is 0.00901. The van der Waals surface area contributed by atoms with E-state index in [1.54, 1.807) is 0 Å². The van der Waals surface area contributed by atoms with Crippen molar-refractivity contribution in [3.63, 3.8) is 0 Å². The van der Waals surface area contributed by atoms with Crippen molar-refractivity contribution >= 4 is 15.9 Å². The summed E-state index contributed by atoms with van der Waals surface area (Å²) in [4.78, 5) is 0. The van der Waals surface area contributed by atoms with Crippen molar-refractivity contribution in [3.8, 4) is 0 Å². The highest BCUT2D eigenvalue weighted by molar-refractivity contribution is 9.10. The van der Waals surface area contributed by atoms with E-state index in [-0.39, 0.29) is 6.04 Å². The number of ether oxygens (including phenoxy) is 1. The lowest BCUT2D eigenvalue weighted by Crippen LogP contribution is -2.18. The first-order valence-corrected chi connectivity index (χ1v) is 6.93. The molecule has 0 saturated carbocycles. The smallest absolute Gasteiger partial charge is 0.0696 e. The highest BCUT2D eigenvalue weighted by Gasteiger charge is 2.17. The molecule has 1 rings (SSSR count). The fourth-order valence-corrected chi connectivity index (χ4v) is 2.36. The van der Waals surface area contributed by atoms with Crippen molar-refractivity contribution < 1.29 is 4.74 Å². The van der Waals surface area contributed by atoms with Crippen LogP contribution in [0.4, 0.5) is 0 Å². The number of hydrogen-bond acceptors (Lipinski definition) is 3. The molecule has 4 nitrogen and oxygen atoms in total. The van der Waals surface area contributed by atoms with Gasteiger partial charge in [-0.3, -0.25) is 4.68 Å². The maximum Gasteiger partial charge on any atom is 0.0696 e. The monoisotopic (exact) mass is 303 g/mol. The molecule has 98 valence electrons. The summed E-state index contributed by atoms with van der Waals surface area (Å²) in [5.41, 5.74) is 7.29. The van der Waals surface area contributed by atoms with Crippen molar-refractivity contribution in [1.82, 2.24) is 9.78 Å². The van der Waals surface area contributed by atoms with Crippen LogP contribution < -0.4 is 5.73 Å². The van der Waals surface area contributed by atoms with Crippen molar-refractivity contribution in [2.24, 2.45) is 5.73 Å². The molecule has 0 aromatic carbocycles. The number of nitrogens with zero attached hydrogens (tertiary/aromatic N) is 2. The van der Waals surface area contributed by atoms with Crippen LogP contribution in [-0.4, -0.2) is 23.0 Å². The van der Waals surface area contributed by atoms with Gasteiger partial charge in [0.05, 0.1) is 16.4 Å². The molecule has 0 saturated heterocycles. The van der Waals surface area contributed by atoms with Crippen LogP contribution in [0.2, 0.25) is 0 Å². The van der Waals surface area contributed by atoms with Gasteiger partial charge in [0.25, 0.3) is 0 Å². The van der Waals surface area contributed by atoms with Gasteiger partial charge >= 0.3 is 0 Å². The number of hydrogen-bond donors (Lipinski definition) is 1. The summed E-state index contributed by atoms with van der Waals surface area (Å²) in [5, 5.41) is 4.34. The third kappa shape index (κ3) is 4.08. The Kier molecular flexibility index (Phi) is 6.16. The fourth-order valence-electron chi connectivity index (χ4n) is 1.80. The molecule has 1 aromatic rings. The molecule has 0 aliphatic rings. The number of halogens is 1. The van der Waals surface area contributed by atoms with Crippen molar-refractivity contribution in [3.05, 3.63) is 16.4 Å². The Labute approximate surface area is 112 Å². The van der Waals surface area contributed by atoms with Crippen molar-refractivity contribution in [2.75, 3.05) is 13.2 Å². The quantitative estimate of drug-likeness (QED) is 0.788.